The van der Waals surface area contributed by atoms with Crippen molar-refractivity contribution in [1.82, 2.24) is 4.90 Å². The van der Waals surface area contributed by atoms with Gasteiger partial charge in [-0.25, -0.2) is 0 Å². The van der Waals surface area contributed by atoms with E-state index < -0.39 is 0 Å². The lowest BCUT2D eigenvalue weighted by Gasteiger charge is -2.23. The van der Waals surface area contributed by atoms with E-state index in [0.717, 1.165) is 26.1 Å². The molecule has 0 aliphatic carbocycles. The quantitative estimate of drug-likeness (QED) is 0.840. The average Bonchev–Trinajstić information content (AvgIpc) is 2.78. The van der Waals surface area contributed by atoms with Crippen molar-refractivity contribution >= 4 is 11.8 Å². The van der Waals surface area contributed by atoms with Crippen LogP contribution in [0.3, 0.4) is 0 Å². The van der Waals surface area contributed by atoms with Crippen LogP contribution in [-0.2, 0) is 0 Å². The number of rotatable bonds is 6. The number of fused-ring (bicyclic) bond motifs is 1. The van der Waals surface area contributed by atoms with Crippen molar-refractivity contribution in [2.24, 2.45) is 0 Å². The first kappa shape index (κ1) is 12.9. The largest absolute Gasteiger partial charge is 0.396 e. The SMILES string of the molecule is CCN(CCCO)CC1CSc2ccccc21. The number of thioether (sulfide) groups is 1. The molecule has 0 amide bonds. The van der Waals surface area contributed by atoms with E-state index in [2.05, 4.69) is 36.1 Å². The molecule has 2 nitrogen and oxygen atoms in total. The van der Waals surface area contributed by atoms with Gasteiger partial charge in [0.2, 0.25) is 0 Å². The standard InChI is InChI=1S/C14H21NOS/c1-2-15(8-5-9-16)10-12-11-17-14-7-4-3-6-13(12)14/h3-4,6-7,12,16H,2,5,8-11H2,1H3. The number of hydrogen-bond acceptors (Lipinski definition) is 3. The van der Waals surface area contributed by atoms with E-state index >= 15 is 0 Å². The van der Waals surface area contributed by atoms with E-state index in [4.69, 9.17) is 5.11 Å². The molecule has 1 aromatic rings. The zero-order valence-corrected chi connectivity index (χ0v) is 11.2. The highest BCUT2D eigenvalue weighted by molar-refractivity contribution is 7.99. The van der Waals surface area contributed by atoms with Gasteiger partial charge in [-0.2, -0.15) is 0 Å². The smallest absolute Gasteiger partial charge is 0.0443 e. The van der Waals surface area contributed by atoms with Gasteiger partial charge in [0.25, 0.3) is 0 Å². The van der Waals surface area contributed by atoms with E-state index in [1.165, 1.54) is 16.2 Å². The van der Waals surface area contributed by atoms with Crippen molar-refractivity contribution in [1.29, 1.82) is 0 Å². The molecule has 17 heavy (non-hydrogen) atoms. The maximum Gasteiger partial charge on any atom is 0.0443 e. The normalized spacial score (nSPS) is 18.6. The maximum atomic E-state index is 8.90. The Hall–Kier alpha value is -0.510. The topological polar surface area (TPSA) is 23.5 Å². The predicted octanol–water partition coefficient (Wildman–Crippen LogP) is 2.58. The van der Waals surface area contributed by atoms with Crippen molar-refractivity contribution in [3.63, 3.8) is 0 Å². The molecule has 2 rings (SSSR count). The van der Waals surface area contributed by atoms with Crippen molar-refractivity contribution in [3.05, 3.63) is 29.8 Å². The molecule has 3 heteroatoms. The van der Waals surface area contributed by atoms with Crippen LogP contribution in [0.25, 0.3) is 0 Å². The zero-order chi connectivity index (χ0) is 12.1. The molecule has 1 N–H and O–H groups in total. The van der Waals surface area contributed by atoms with Crippen LogP contribution in [0.2, 0.25) is 0 Å². The lowest BCUT2D eigenvalue weighted by Crippen LogP contribution is -2.30. The highest BCUT2D eigenvalue weighted by Gasteiger charge is 2.23. The molecule has 94 valence electrons. The van der Waals surface area contributed by atoms with Crippen LogP contribution >= 0.6 is 11.8 Å². The van der Waals surface area contributed by atoms with Crippen LogP contribution in [0.5, 0.6) is 0 Å². The minimum atomic E-state index is 0.298. The Morgan fingerprint density at radius 1 is 1.41 bits per heavy atom. The summed E-state index contributed by atoms with van der Waals surface area (Å²) < 4.78 is 0. The monoisotopic (exact) mass is 251 g/mol. The summed E-state index contributed by atoms with van der Waals surface area (Å²) >= 11 is 1.98. The third kappa shape index (κ3) is 3.24. The van der Waals surface area contributed by atoms with Crippen LogP contribution in [0, 0.1) is 0 Å². The van der Waals surface area contributed by atoms with Crippen LogP contribution < -0.4 is 0 Å². The van der Waals surface area contributed by atoms with E-state index in [-0.39, 0.29) is 0 Å². The van der Waals surface area contributed by atoms with Gasteiger partial charge in [-0.3, -0.25) is 0 Å². The third-order valence-electron chi connectivity index (χ3n) is 3.36. The van der Waals surface area contributed by atoms with Crippen LogP contribution in [0.4, 0.5) is 0 Å². The number of aliphatic hydroxyl groups excluding tert-OH is 1. The van der Waals surface area contributed by atoms with Gasteiger partial charge in [0.05, 0.1) is 0 Å². The Kier molecular flexibility index (Phi) is 4.89. The van der Waals surface area contributed by atoms with Crippen LogP contribution in [0.1, 0.15) is 24.8 Å². The summed E-state index contributed by atoms with van der Waals surface area (Å²) in [5.74, 6) is 1.87. The minimum Gasteiger partial charge on any atom is -0.396 e. The van der Waals surface area contributed by atoms with E-state index in [1.807, 2.05) is 11.8 Å². The second-order valence-corrected chi connectivity index (χ2v) is 5.58. The first-order chi connectivity index (χ1) is 8.35. The summed E-state index contributed by atoms with van der Waals surface area (Å²) in [4.78, 5) is 3.90. The molecular formula is C14H21NOS. The van der Waals surface area contributed by atoms with Gasteiger partial charge in [-0.15, -0.1) is 11.8 Å². The molecule has 0 fully saturated rings. The van der Waals surface area contributed by atoms with Gasteiger partial charge in [-0.05, 0) is 24.6 Å². The molecule has 1 atom stereocenters. The van der Waals surface area contributed by atoms with Gasteiger partial charge in [0, 0.05) is 36.3 Å². The van der Waals surface area contributed by atoms with Crippen LogP contribution in [-0.4, -0.2) is 42.0 Å². The first-order valence-corrected chi connectivity index (χ1v) is 7.38. The average molecular weight is 251 g/mol. The molecular weight excluding hydrogens is 230 g/mol. The Bertz CT molecular complexity index is 356. The first-order valence-electron chi connectivity index (χ1n) is 6.40. The summed E-state index contributed by atoms with van der Waals surface area (Å²) in [6.07, 6.45) is 0.884. The summed E-state index contributed by atoms with van der Waals surface area (Å²) in [6, 6.07) is 8.75. The Labute approximate surface area is 108 Å². The van der Waals surface area contributed by atoms with Gasteiger partial charge in [0.1, 0.15) is 0 Å². The third-order valence-corrected chi connectivity index (χ3v) is 4.61. The molecule has 0 spiro atoms. The van der Waals surface area contributed by atoms with Gasteiger partial charge in [-0.1, -0.05) is 25.1 Å². The van der Waals surface area contributed by atoms with Crippen molar-refractivity contribution < 1.29 is 5.11 Å². The van der Waals surface area contributed by atoms with Crippen molar-refractivity contribution in [3.8, 4) is 0 Å². The fourth-order valence-corrected chi connectivity index (χ4v) is 3.61. The highest BCUT2D eigenvalue weighted by atomic mass is 32.2. The fourth-order valence-electron chi connectivity index (χ4n) is 2.36. The Morgan fingerprint density at radius 3 is 3.00 bits per heavy atom. The summed E-state index contributed by atoms with van der Waals surface area (Å²) in [7, 11) is 0. The van der Waals surface area contributed by atoms with Gasteiger partial charge >= 0.3 is 0 Å². The van der Waals surface area contributed by atoms with Crippen molar-refractivity contribution in [2.45, 2.75) is 24.2 Å². The molecule has 1 aromatic carbocycles. The molecule has 0 saturated carbocycles. The summed E-state index contributed by atoms with van der Waals surface area (Å²) in [5.41, 5.74) is 1.51. The summed E-state index contributed by atoms with van der Waals surface area (Å²) in [5, 5.41) is 8.90. The Balaban J connectivity index is 1.95. The number of likely N-dealkylation sites (N-methyl/N-ethyl adjacent to an activating group) is 1. The number of benzene rings is 1. The number of aliphatic hydroxyl groups is 1. The second kappa shape index (κ2) is 6.43. The second-order valence-electron chi connectivity index (χ2n) is 4.52. The molecule has 1 aliphatic rings. The summed E-state index contributed by atoms with van der Waals surface area (Å²) in [6.45, 7) is 5.71. The fraction of sp³-hybridized carbons (Fsp3) is 0.571. The van der Waals surface area contributed by atoms with E-state index in [9.17, 15) is 0 Å². The molecule has 1 aliphatic heterocycles. The van der Waals surface area contributed by atoms with E-state index in [1.54, 1.807) is 0 Å². The Morgan fingerprint density at radius 2 is 2.24 bits per heavy atom. The lowest BCUT2D eigenvalue weighted by molar-refractivity contribution is 0.224. The lowest BCUT2D eigenvalue weighted by atomic mass is 10.0. The van der Waals surface area contributed by atoms with Crippen LogP contribution in [0.15, 0.2) is 29.2 Å². The molecule has 0 aromatic heterocycles. The maximum absolute atomic E-state index is 8.90. The molecule has 0 saturated heterocycles. The molecule has 1 heterocycles. The predicted molar refractivity (Wildman–Crippen MR) is 73.7 cm³/mol. The molecule has 0 radical (unpaired) electrons. The number of nitrogens with zero attached hydrogens (tertiary/aromatic N) is 1. The minimum absolute atomic E-state index is 0.298. The van der Waals surface area contributed by atoms with Crippen molar-refractivity contribution in [2.75, 3.05) is 32.0 Å². The van der Waals surface area contributed by atoms with Gasteiger partial charge < -0.3 is 10.0 Å². The zero-order valence-electron chi connectivity index (χ0n) is 10.4. The van der Waals surface area contributed by atoms with E-state index in [0.29, 0.717) is 12.5 Å². The molecule has 0 bridgehead atoms. The highest BCUT2D eigenvalue weighted by Crippen LogP contribution is 2.39. The number of hydrogen-bond donors (Lipinski definition) is 1. The van der Waals surface area contributed by atoms with Gasteiger partial charge in [0.15, 0.2) is 0 Å². The molecule has 1 unspecified atom stereocenters.